The van der Waals surface area contributed by atoms with Crippen LogP contribution in [0.15, 0.2) is 24.5 Å². The summed E-state index contributed by atoms with van der Waals surface area (Å²) in [5, 5.41) is 8.62. The Morgan fingerprint density at radius 3 is 2.88 bits per heavy atom. The zero-order valence-electron chi connectivity index (χ0n) is 8.37. The molecule has 0 spiro atoms. The second kappa shape index (κ2) is 4.19. The highest BCUT2D eigenvalue weighted by atomic mass is 16.4. The molecule has 0 aliphatic heterocycles. The molecule has 0 radical (unpaired) electrons. The van der Waals surface area contributed by atoms with E-state index in [1.54, 1.807) is 18.3 Å². The lowest BCUT2D eigenvalue weighted by Crippen LogP contribution is -2.16. The molecule has 0 aromatic carbocycles. The number of carbonyl (C=O) groups is 1. The van der Waals surface area contributed by atoms with E-state index in [4.69, 9.17) is 10.8 Å². The van der Waals surface area contributed by atoms with Crippen molar-refractivity contribution in [2.45, 2.75) is 12.5 Å². The zero-order chi connectivity index (χ0) is 11.5. The number of nitrogens with two attached hydrogens (primary N) is 1. The average molecular weight is 218 g/mol. The number of hydrogen-bond acceptors (Lipinski definition) is 5. The van der Waals surface area contributed by atoms with Gasteiger partial charge in [-0.05, 0) is 12.1 Å². The summed E-state index contributed by atoms with van der Waals surface area (Å²) in [6.45, 7) is 0. The van der Waals surface area contributed by atoms with E-state index in [0.29, 0.717) is 16.9 Å². The zero-order valence-corrected chi connectivity index (χ0v) is 8.37. The van der Waals surface area contributed by atoms with Gasteiger partial charge in [0.2, 0.25) is 0 Å². The lowest BCUT2D eigenvalue weighted by molar-refractivity contribution is -0.137. The summed E-state index contributed by atoms with van der Waals surface area (Å²) in [4.78, 5) is 22.8. The predicted molar refractivity (Wildman–Crippen MR) is 56.5 cm³/mol. The molecule has 1 unspecified atom stereocenters. The lowest BCUT2D eigenvalue weighted by atomic mass is 10.1. The van der Waals surface area contributed by atoms with E-state index in [1.165, 1.54) is 6.20 Å². The second-order valence-corrected chi connectivity index (χ2v) is 3.34. The number of hydrogen-bond donors (Lipinski definition) is 2. The fourth-order valence-corrected chi connectivity index (χ4v) is 1.37. The first kappa shape index (κ1) is 10.4. The van der Waals surface area contributed by atoms with Crippen LogP contribution in [0.3, 0.4) is 0 Å². The molecule has 82 valence electrons. The van der Waals surface area contributed by atoms with E-state index in [1.807, 2.05) is 0 Å². The topological polar surface area (TPSA) is 102 Å². The third kappa shape index (κ3) is 2.12. The SMILES string of the molecule is NC(CC(=O)O)c1ccc2nccnc2n1. The number of carboxylic acids is 1. The van der Waals surface area contributed by atoms with E-state index in [2.05, 4.69) is 15.0 Å². The summed E-state index contributed by atoms with van der Waals surface area (Å²) < 4.78 is 0. The van der Waals surface area contributed by atoms with Gasteiger partial charge < -0.3 is 10.8 Å². The van der Waals surface area contributed by atoms with Crippen molar-refractivity contribution in [3.8, 4) is 0 Å². The number of aromatic nitrogens is 3. The van der Waals surface area contributed by atoms with E-state index >= 15 is 0 Å². The predicted octanol–water partition coefficient (Wildman–Crippen LogP) is 0.499. The molecule has 2 heterocycles. The first-order valence-electron chi connectivity index (χ1n) is 4.72. The third-order valence-electron chi connectivity index (χ3n) is 2.13. The van der Waals surface area contributed by atoms with Crippen molar-refractivity contribution in [1.82, 2.24) is 15.0 Å². The normalized spacial score (nSPS) is 12.6. The highest BCUT2D eigenvalue weighted by molar-refractivity contribution is 5.70. The van der Waals surface area contributed by atoms with Gasteiger partial charge in [0.1, 0.15) is 5.52 Å². The van der Waals surface area contributed by atoms with Gasteiger partial charge in [-0.3, -0.25) is 9.78 Å². The Hall–Kier alpha value is -2.08. The van der Waals surface area contributed by atoms with Crippen LogP contribution in [-0.2, 0) is 4.79 Å². The minimum absolute atomic E-state index is 0.154. The Labute approximate surface area is 91.2 Å². The van der Waals surface area contributed by atoms with Crippen LogP contribution >= 0.6 is 0 Å². The van der Waals surface area contributed by atoms with Crippen LogP contribution < -0.4 is 5.73 Å². The second-order valence-electron chi connectivity index (χ2n) is 3.34. The van der Waals surface area contributed by atoms with Crippen molar-refractivity contribution in [3.63, 3.8) is 0 Å². The fourth-order valence-electron chi connectivity index (χ4n) is 1.37. The molecular weight excluding hydrogens is 208 g/mol. The molecule has 16 heavy (non-hydrogen) atoms. The molecule has 2 rings (SSSR count). The van der Waals surface area contributed by atoms with Gasteiger partial charge in [0.25, 0.3) is 0 Å². The minimum Gasteiger partial charge on any atom is -0.481 e. The van der Waals surface area contributed by atoms with Gasteiger partial charge in [0, 0.05) is 12.4 Å². The number of carboxylic acid groups (broad SMARTS) is 1. The van der Waals surface area contributed by atoms with Crippen LogP contribution in [0.2, 0.25) is 0 Å². The van der Waals surface area contributed by atoms with Crippen LogP contribution in [0.1, 0.15) is 18.2 Å². The van der Waals surface area contributed by atoms with E-state index in [-0.39, 0.29) is 6.42 Å². The summed E-state index contributed by atoms with van der Waals surface area (Å²) in [7, 11) is 0. The van der Waals surface area contributed by atoms with Gasteiger partial charge in [0.15, 0.2) is 5.65 Å². The van der Waals surface area contributed by atoms with Crippen molar-refractivity contribution in [2.24, 2.45) is 5.73 Å². The quantitative estimate of drug-likeness (QED) is 0.777. The number of aliphatic carboxylic acids is 1. The first-order valence-corrected chi connectivity index (χ1v) is 4.72. The van der Waals surface area contributed by atoms with Gasteiger partial charge in [-0.1, -0.05) is 0 Å². The number of fused-ring (bicyclic) bond motifs is 1. The molecule has 0 aliphatic carbocycles. The fraction of sp³-hybridized carbons (Fsp3) is 0.200. The van der Waals surface area contributed by atoms with Gasteiger partial charge in [-0.25, -0.2) is 9.97 Å². The Bertz CT molecular complexity index is 529. The molecule has 0 saturated carbocycles. The van der Waals surface area contributed by atoms with E-state index < -0.39 is 12.0 Å². The summed E-state index contributed by atoms with van der Waals surface area (Å²) >= 11 is 0. The molecule has 6 nitrogen and oxygen atoms in total. The van der Waals surface area contributed by atoms with Crippen molar-refractivity contribution in [2.75, 3.05) is 0 Å². The summed E-state index contributed by atoms with van der Waals surface area (Å²) in [6, 6.07) is 2.78. The van der Waals surface area contributed by atoms with Gasteiger partial charge in [0.05, 0.1) is 18.2 Å². The molecular formula is C10H10N4O2. The monoisotopic (exact) mass is 218 g/mol. The molecule has 1 atom stereocenters. The average Bonchev–Trinajstić information content (AvgIpc) is 2.27. The molecule has 0 amide bonds. The van der Waals surface area contributed by atoms with E-state index in [9.17, 15) is 4.79 Å². The summed E-state index contributed by atoms with van der Waals surface area (Å²) in [5.41, 5.74) is 7.34. The molecule has 0 bridgehead atoms. The lowest BCUT2D eigenvalue weighted by Gasteiger charge is -2.08. The van der Waals surface area contributed by atoms with Crippen LogP contribution in [-0.4, -0.2) is 26.0 Å². The molecule has 6 heteroatoms. The third-order valence-corrected chi connectivity index (χ3v) is 2.13. The smallest absolute Gasteiger partial charge is 0.305 e. The van der Waals surface area contributed by atoms with Crippen LogP contribution in [0, 0.1) is 0 Å². The van der Waals surface area contributed by atoms with Gasteiger partial charge in [-0.2, -0.15) is 0 Å². The Balaban J connectivity index is 2.35. The minimum atomic E-state index is -0.950. The molecule has 0 saturated heterocycles. The maximum Gasteiger partial charge on any atom is 0.305 e. The van der Waals surface area contributed by atoms with Gasteiger partial charge in [-0.15, -0.1) is 0 Å². The first-order chi connectivity index (χ1) is 7.66. The van der Waals surface area contributed by atoms with Crippen molar-refractivity contribution in [3.05, 3.63) is 30.2 Å². The largest absolute Gasteiger partial charge is 0.481 e. The van der Waals surface area contributed by atoms with Crippen LogP contribution in [0.4, 0.5) is 0 Å². The molecule has 2 aromatic heterocycles. The van der Waals surface area contributed by atoms with Crippen LogP contribution in [0.5, 0.6) is 0 Å². The Kier molecular flexibility index (Phi) is 2.74. The Morgan fingerprint density at radius 2 is 2.12 bits per heavy atom. The molecule has 0 aliphatic rings. The number of pyridine rings is 1. The number of rotatable bonds is 3. The standard InChI is InChI=1S/C10H10N4O2/c11-6(5-9(15)16)7-1-2-8-10(14-7)13-4-3-12-8/h1-4,6H,5,11H2,(H,15,16). The van der Waals surface area contributed by atoms with E-state index in [0.717, 1.165) is 0 Å². The summed E-state index contributed by atoms with van der Waals surface area (Å²) in [5.74, 6) is -0.950. The number of nitrogens with zero attached hydrogens (tertiary/aromatic N) is 3. The maximum atomic E-state index is 10.5. The molecule has 0 fully saturated rings. The molecule has 3 N–H and O–H groups in total. The van der Waals surface area contributed by atoms with Crippen molar-refractivity contribution in [1.29, 1.82) is 0 Å². The van der Waals surface area contributed by atoms with Crippen LogP contribution in [0.25, 0.3) is 11.2 Å². The summed E-state index contributed by atoms with van der Waals surface area (Å²) in [6.07, 6.45) is 2.95. The van der Waals surface area contributed by atoms with Crippen molar-refractivity contribution < 1.29 is 9.90 Å². The highest BCUT2D eigenvalue weighted by Gasteiger charge is 2.12. The van der Waals surface area contributed by atoms with Crippen molar-refractivity contribution >= 4 is 17.1 Å². The maximum absolute atomic E-state index is 10.5. The highest BCUT2D eigenvalue weighted by Crippen LogP contribution is 2.14. The molecule has 2 aromatic rings. The van der Waals surface area contributed by atoms with Gasteiger partial charge >= 0.3 is 5.97 Å². The Morgan fingerprint density at radius 1 is 1.38 bits per heavy atom.